The fourth-order valence-corrected chi connectivity index (χ4v) is 0.667. The summed E-state index contributed by atoms with van der Waals surface area (Å²) in [6.45, 7) is 0. The Kier molecular flexibility index (Phi) is 2.76. The molecule has 1 heterocycles. The summed E-state index contributed by atoms with van der Waals surface area (Å²) in [6, 6.07) is 0. The molecule has 0 atom stereocenters. The summed E-state index contributed by atoms with van der Waals surface area (Å²) < 4.78 is 28.4. The van der Waals surface area contributed by atoms with Gasteiger partial charge in [-0.25, -0.2) is 10.1 Å². The standard InChI is InChI=1S/C2H3N3O3S.ClH/c6-9(7,8)2-3-1-4-5-2;/h1H,(H,3,4,5)(H,6,7,8);1H. The third-order valence-electron chi connectivity index (χ3n) is 0.637. The highest BCUT2D eigenvalue weighted by molar-refractivity contribution is 7.85. The van der Waals surface area contributed by atoms with Crippen molar-refractivity contribution in [1.82, 2.24) is 15.2 Å². The van der Waals surface area contributed by atoms with E-state index in [1.54, 1.807) is 0 Å². The minimum Gasteiger partial charge on any atom is -0.279 e. The van der Waals surface area contributed by atoms with E-state index < -0.39 is 15.3 Å². The van der Waals surface area contributed by atoms with Gasteiger partial charge in [0, 0.05) is 0 Å². The second-order valence-corrected chi connectivity index (χ2v) is 2.60. The van der Waals surface area contributed by atoms with Crippen molar-refractivity contribution in [2.24, 2.45) is 0 Å². The SMILES string of the molecule is Cl.O=S(=O)(O)c1ncn[nH]1. The number of H-pyrrole nitrogens is 1. The van der Waals surface area contributed by atoms with Crippen molar-refractivity contribution >= 4 is 22.5 Å². The van der Waals surface area contributed by atoms with Crippen LogP contribution in [0.15, 0.2) is 11.5 Å². The number of aromatic nitrogens is 3. The maximum atomic E-state index is 10.1. The summed E-state index contributed by atoms with van der Waals surface area (Å²) in [5.74, 6) is 0. The van der Waals surface area contributed by atoms with E-state index in [9.17, 15) is 8.42 Å². The molecule has 0 aliphatic rings. The zero-order valence-electron chi connectivity index (χ0n) is 4.55. The molecular weight excluding hydrogens is 182 g/mol. The highest BCUT2D eigenvalue weighted by atomic mass is 35.5. The van der Waals surface area contributed by atoms with Crippen LogP contribution in [-0.4, -0.2) is 28.2 Å². The Balaban J connectivity index is 0.000000810. The number of nitrogens with zero attached hydrogens (tertiary/aromatic N) is 2. The summed E-state index contributed by atoms with van der Waals surface area (Å²) in [4.78, 5) is 3.18. The van der Waals surface area contributed by atoms with Crippen molar-refractivity contribution in [2.45, 2.75) is 5.16 Å². The molecule has 0 aromatic carbocycles. The molecule has 0 bridgehead atoms. The molecule has 0 spiro atoms. The lowest BCUT2D eigenvalue weighted by Gasteiger charge is -1.83. The molecule has 6 nitrogen and oxygen atoms in total. The molecule has 0 aliphatic heterocycles. The summed E-state index contributed by atoms with van der Waals surface area (Å²) in [5.41, 5.74) is 0. The smallest absolute Gasteiger partial charge is 0.279 e. The molecule has 0 saturated carbocycles. The first-order valence-electron chi connectivity index (χ1n) is 1.93. The van der Waals surface area contributed by atoms with Gasteiger partial charge in [0.25, 0.3) is 5.16 Å². The molecular formula is C2H4ClN3O3S. The Bertz CT molecular complexity index is 279. The van der Waals surface area contributed by atoms with Crippen molar-refractivity contribution in [3.8, 4) is 0 Å². The van der Waals surface area contributed by atoms with Crippen molar-refractivity contribution in [3.05, 3.63) is 6.33 Å². The van der Waals surface area contributed by atoms with Crippen LogP contribution in [0.2, 0.25) is 0 Å². The molecule has 8 heteroatoms. The van der Waals surface area contributed by atoms with Crippen LogP contribution in [0.25, 0.3) is 0 Å². The first-order chi connectivity index (χ1) is 4.11. The monoisotopic (exact) mass is 185 g/mol. The fraction of sp³-hybridized carbons (Fsp3) is 0. The molecule has 10 heavy (non-hydrogen) atoms. The molecule has 0 amide bonds. The van der Waals surface area contributed by atoms with Crippen LogP contribution in [0.3, 0.4) is 0 Å². The third kappa shape index (κ3) is 1.94. The molecule has 2 N–H and O–H groups in total. The molecule has 58 valence electrons. The predicted molar refractivity (Wildman–Crippen MR) is 33.4 cm³/mol. The van der Waals surface area contributed by atoms with Crippen LogP contribution in [0.4, 0.5) is 0 Å². The Morgan fingerprint density at radius 1 is 1.60 bits per heavy atom. The van der Waals surface area contributed by atoms with Gasteiger partial charge < -0.3 is 0 Å². The normalized spacial score (nSPS) is 10.5. The van der Waals surface area contributed by atoms with Crippen LogP contribution in [-0.2, 0) is 10.1 Å². The Labute approximate surface area is 62.8 Å². The van der Waals surface area contributed by atoms with Crippen LogP contribution >= 0.6 is 12.4 Å². The molecule has 1 rings (SSSR count). The van der Waals surface area contributed by atoms with Gasteiger partial charge in [0.2, 0.25) is 0 Å². The lowest BCUT2D eigenvalue weighted by molar-refractivity contribution is 0.475. The van der Waals surface area contributed by atoms with Gasteiger partial charge in [-0.1, -0.05) is 0 Å². The minimum absolute atomic E-state index is 0. The third-order valence-corrected chi connectivity index (χ3v) is 1.32. The van der Waals surface area contributed by atoms with Gasteiger partial charge >= 0.3 is 10.1 Å². The Morgan fingerprint density at radius 3 is 2.40 bits per heavy atom. The van der Waals surface area contributed by atoms with Gasteiger partial charge in [-0.15, -0.1) is 12.4 Å². The van der Waals surface area contributed by atoms with Crippen LogP contribution in [0.5, 0.6) is 0 Å². The van der Waals surface area contributed by atoms with Gasteiger partial charge in [-0.05, 0) is 0 Å². The summed E-state index contributed by atoms with van der Waals surface area (Å²) in [7, 11) is -4.19. The van der Waals surface area contributed by atoms with E-state index in [0.717, 1.165) is 6.33 Å². The molecule has 1 aromatic rings. The Hall–Kier alpha value is -0.660. The topological polar surface area (TPSA) is 95.9 Å². The van der Waals surface area contributed by atoms with Crippen molar-refractivity contribution in [2.75, 3.05) is 0 Å². The molecule has 0 fully saturated rings. The zero-order valence-corrected chi connectivity index (χ0v) is 6.18. The lowest BCUT2D eigenvalue weighted by atomic mass is 11.3. The molecule has 0 saturated heterocycles. The minimum atomic E-state index is -4.19. The maximum absolute atomic E-state index is 10.1. The van der Waals surface area contributed by atoms with Crippen molar-refractivity contribution < 1.29 is 13.0 Å². The van der Waals surface area contributed by atoms with E-state index in [2.05, 4.69) is 10.1 Å². The van der Waals surface area contributed by atoms with Gasteiger partial charge in [-0.3, -0.25) is 4.55 Å². The number of rotatable bonds is 1. The molecule has 0 aliphatic carbocycles. The molecule has 0 radical (unpaired) electrons. The number of nitrogens with one attached hydrogen (secondary N) is 1. The highest BCUT2D eigenvalue weighted by Crippen LogP contribution is 1.94. The van der Waals surface area contributed by atoms with Gasteiger partial charge in [0.15, 0.2) is 0 Å². The lowest BCUT2D eigenvalue weighted by Crippen LogP contribution is -1.99. The second-order valence-electron chi connectivity index (χ2n) is 1.27. The van der Waals surface area contributed by atoms with E-state index in [4.69, 9.17) is 4.55 Å². The Morgan fingerprint density at radius 2 is 2.20 bits per heavy atom. The number of halogens is 1. The summed E-state index contributed by atoms with van der Waals surface area (Å²) >= 11 is 0. The number of hydrogen-bond donors (Lipinski definition) is 2. The van der Waals surface area contributed by atoms with E-state index in [1.165, 1.54) is 0 Å². The van der Waals surface area contributed by atoms with Crippen LogP contribution < -0.4 is 0 Å². The number of aromatic amines is 1. The van der Waals surface area contributed by atoms with E-state index in [-0.39, 0.29) is 12.4 Å². The quantitative estimate of drug-likeness (QED) is 0.574. The maximum Gasteiger partial charge on any atom is 0.330 e. The first-order valence-corrected chi connectivity index (χ1v) is 3.37. The van der Waals surface area contributed by atoms with E-state index in [1.807, 2.05) is 5.10 Å². The summed E-state index contributed by atoms with van der Waals surface area (Å²) in [5, 5.41) is 4.65. The average molecular weight is 186 g/mol. The molecule has 0 unspecified atom stereocenters. The second kappa shape index (κ2) is 2.95. The zero-order chi connectivity index (χ0) is 6.91. The number of hydrogen-bond acceptors (Lipinski definition) is 4. The largest absolute Gasteiger partial charge is 0.330 e. The van der Waals surface area contributed by atoms with Gasteiger partial charge in [0.05, 0.1) is 0 Å². The highest BCUT2D eigenvalue weighted by Gasteiger charge is 2.10. The van der Waals surface area contributed by atoms with Gasteiger partial charge in [-0.2, -0.15) is 13.5 Å². The van der Waals surface area contributed by atoms with Crippen LogP contribution in [0, 0.1) is 0 Å². The first kappa shape index (κ1) is 9.34. The van der Waals surface area contributed by atoms with E-state index in [0.29, 0.717) is 0 Å². The van der Waals surface area contributed by atoms with Crippen molar-refractivity contribution in [3.63, 3.8) is 0 Å². The van der Waals surface area contributed by atoms with Gasteiger partial charge in [0.1, 0.15) is 6.33 Å². The summed E-state index contributed by atoms with van der Waals surface area (Å²) in [6.07, 6.45) is 0.989. The molecule has 1 aromatic heterocycles. The fourth-order valence-electron chi connectivity index (χ4n) is 0.319. The van der Waals surface area contributed by atoms with Crippen molar-refractivity contribution in [1.29, 1.82) is 0 Å². The van der Waals surface area contributed by atoms with Crippen LogP contribution in [0.1, 0.15) is 0 Å². The average Bonchev–Trinajstić information content (AvgIpc) is 2.08. The van der Waals surface area contributed by atoms with E-state index >= 15 is 0 Å². The predicted octanol–water partition coefficient (Wildman–Crippen LogP) is -0.527.